The molecular weight excluding hydrogens is 338 g/mol. The van der Waals surface area contributed by atoms with E-state index < -0.39 is 0 Å². The van der Waals surface area contributed by atoms with Gasteiger partial charge in [0.05, 0.1) is 17.3 Å². The number of carbonyl (C=O) groups excluding carboxylic acids is 1. The van der Waals surface area contributed by atoms with Gasteiger partial charge in [0, 0.05) is 31.9 Å². The number of halogens is 1. The summed E-state index contributed by atoms with van der Waals surface area (Å²) >= 11 is 6.16. The molecule has 1 amide bonds. The quantitative estimate of drug-likeness (QED) is 0.880. The van der Waals surface area contributed by atoms with E-state index in [0.717, 1.165) is 37.4 Å². The van der Waals surface area contributed by atoms with Crippen molar-refractivity contribution in [3.8, 4) is 5.75 Å². The molecule has 0 spiro atoms. The van der Waals surface area contributed by atoms with Gasteiger partial charge in [-0.15, -0.1) is 0 Å². The maximum absolute atomic E-state index is 12.3. The smallest absolute Gasteiger partial charge is 0.238 e. The molecule has 6 heteroatoms. The molecule has 0 saturated carbocycles. The number of aromatic hydroxyl groups is 1. The van der Waals surface area contributed by atoms with Crippen molar-refractivity contribution >= 4 is 28.9 Å². The first-order valence-electron chi connectivity index (χ1n) is 8.33. The van der Waals surface area contributed by atoms with E-state index >= 15 is 0 Å². The topological polar surface area (TPSA) is 55.8 Å². The summed E-state index contributed by atoms with van der Waals surface area (Å²) in [5.41, 5.74) is 2.81. The van der Waals surface area contributed by atoms with Crippen LogP contribution < -0.4 is 10.2 Å². The first kappa shape index (κ1) is 17.6. The predicted molar refractivity (Wildman–Crippen MR) is 102 cm³/mol. The number of aryl methyl sites for hydroxylation is 1. The van der Waals surface area contributed by atoms with Gasteiger partial charge < -0.3 is 15.3 Å². The molecule has 3 rings (SSSR count). The first-order chi connectivity index (χ1) is 12.0. The molecule has 2 aromatic carbocycles. The molecule has 0 radical (unpaired) electrons. The van der Waals surface area contributed by atoms with Gasteiger partial charge in [0.15, 0.2) is 0 Å². The summed E-state index contributed by atoms with van der Waals surface area (Å²) in [6, 6.07) is 12.8. The number of nitrogens with one attached hydrogen (secondary N) is 1. The van der Waals surface area contributed by atoms with Crippen LogP contribution in [0.25, 0.3) is 0 Å². The number of phenols is 1. The fraction of sp³-hybridized carbons (Fsp3) is 0.316. The van der Waals surface area contributed by atoms with Crippen LogP contribution in [0.1, 0.15) is 5.56 Å². The van der Waals surface area contributed by atoms with E-state index in [1.165, 1.54) is 0 Å². The molecule has 132 valence electrons. The molecule has 1 heterocycles. The number of amides is 1. The van der Waals surface area contributed by atoms with E-state index in [-0.39, 0.29) is 11.7 Å². The molecule has 1 fully saturated rings. The van der Waals surface area contributed by atoms with Crippen LogP contribution in [0.5, 0.6) is 5.75 Å². The Morgan fingerprint density at radius 1 is 1.12 bits per heavy atom. The molecule has 25 heavy (non-hydrogen) atoms. The van der Waals surface area contributed by atoms with E-state index in [1.807, 2.05) is 37.3 Å². The number of hydrogen-bond acceptors (Lipinski definition) is 4. The summed E-state index contributed by atoms with van der Waals surface area (Å²) in [4.78, 5) is 16.6. The van der Waals surface area contributed by atoms with Crippen LogP contribution in [0.4, 0.5) is 11.4 Å². The average molecular weight is 360 g/mol. The SMILES string of the molecule is Cc1ccc(NC(=O)CN2CCN(c3ccc(O)cc3)CC2)c(Cl)c1. The molecule has 2 N–H and O–H groups in total. The third-order valence-electron chi connectivity index (χ3n) is 4.35. The van der Waals surface area contributed by atoms with Crippen molar-refractivity contribution in [1.82, 2.24) is 4.90 Å². The van der Waals surface area contributed by atoms with E-state index in [0.29, 0.717) is 17.3 Å². The lowest BCUT2D eigenvalue weighted by Crippen LogP contribution is -2.48. The Morgan fingerprint density at radius 2 is 1.80 bits per heavy atom. The van der Waals surface area contributed by atoms with E-state index in [4.69, 9.17) is 11.6 Å². The second-order valence-corrected chi connectivity index (χ2v) is 6.72. The molecule has 0 unspecified atom stereocenters. The molecular formula is C19H22ClN3O2. The highest BCUT2D eigenvalue weighted by atomic mass is 35.5. The third kappa shape index (κ3) is 4.65. The largest absolute Gasteiger partial charge is 0.508 e. The van der Waals surface area contributed by atoms with E-state index in [2.05, 4.69) is 15.1 Å². The average Bonchev–Trinajstić information content (AvgIpc) is 2.59. The van der Waals surface area contributed by atoms with Gasteiger partial charge in [-0.05, 0) is 48.9 Å². The first-order valence-corrected chi connectivity index (χ1v) is 8.71. The highest BCUT2D eigenvalue weighted by molar-refractivity contribution is 6.33. The number of benzene rings is 2. The normalized spacial score (nSPS) is 15.2. The molecule has 0 aliphatic carbocycles. The molecule has 1 aliphatic heterocycles. The van der Waals surface area contributed by atoms with Crippen molar-refractivity contribution in [3.63, 3.8) is 0 Å². The number of piperazine rings is 1. The lowest BCUT2D eigenvalue weighted by molar-refractivity contribution is -0.117. The summed E-state index contributed by atoms with van der Waals surface area (Å²) < 4.78 is 0. The van der Waals surface area contributed by atoms with E-state index in [1.54, 1.807) is 12.1 Å². The lowest BCUT2D eigenvalue weighted by atomic mass is 10.2. The standard InChI is InChI=1S/C19H22ClN3O2/c1-14-2-7-18(17(20)12-14)21-19(25)13-22-8-10-23(11-9-22)15-3-5-16(24)6-4-15/h2-7,12,24H,8-11,13H2,1H3,(H,21,25). The Morgan fingerprint density at radius 3 is 2.44 bits per heavy atom. The number of hydrogen-bond donors (Lipinski definition) is 2. The van der Waals surface area contributed by atoms with E-state index in [9.17, 15) is 9.90 Å². The number of carbonyl (C=O) groups is 1. The highest BCUT2D eigenvalue weighted by Gasteiger charge is 2.19. The summed E-state index contributed by atoms with van der Waals surface area (Å²) in [6.07, 6.45) is 0. The zero-order valence-electron chi connectivity index (χ0n) is 14.2. The van der Waals surface area contributed by atoms with Crippen molar-refractivity contribution in [3.05, 3.63) is 53.1 Å². The van der Waals surface area contributed by atoms with Crippen molar-refractivity contribution in [2.24, 2.45) is 0 Å². The van der Waals surface area contributed by atoms with Crippen LogP contribution in [0.3, 0.4) is 0 Å². The minimum atomic E-state index is -0.0520. The van der Waals surface area contributed by atoms with Gasteiger partial charge in [0.25, 0.3) is 0 Å². The van der Waals surface area contributed by atoms with Gasteiger partial charge in [-0.2, -0.15) is 0 Å². The zero-order valence-corrected chi connectivity index (χ0v) is 15.0. The monoisotopic (exact) mass is 359 g/mol. The molecule has 5 nitrogen and oxygen atoms in total. The Hall–Kier alpha value is -2.24. The van der Waals surface area contributed by atoms with Crippen molar-refractivity contribution in [2.45, 2.75) is 6.92 Å². The van der Waals surface area contributed by atoms with Crippen LogP contribution in [-0.4, -0.2) is 48.6 Å². The zero-order chi connectivity index (χ0) is 17.8. The van der Waals surface area contributed by atoms with Crippen LogP contribution in [0.15, 0.2) is 42.5 Å². The number of anilines is 2. The molecule has 1 saturated heterocycles. The fourth-order valence-corrected chi connectivity index (χ4v) is 3.22. The minimum Gasteiger partial charge on any atom is -0.508 e. The van der Waals surface area contributed by atoms with Gasteiger partial charge in [0.1, 0.15) is 5.75 Å². The van der Waals surface area contributed by atoms with Crippen molar-refractivity contribution in [1.29, 1.82) is 0 Å². The number of rotatable bonds is 4. The summed E-state index contributed by atoms with van der Waals surface area (Å²) in [6.45, 7) is 5.65. The van der Waals surface area contributed by atoms with Crippen LogP contribution >= 0.6 is 11.6 Å². The number of nitrogens with zero attached hydrogens (tertiary/aromatic N) is 2. The second-order valence-electron chi connectivity index (χ2n) is 6.31. The predicted octanol–water partition coefficient (Wildman–Crippen LogP) is 3.11. The number of phenolic OH excluding ortho intramolecular Hbond substituents is 1. The van der Waals surface area contributed by atoms with Gasteiger partial charge in [-0.1, -0.05) is 17.7 Å². The highest BCUT2D eigenvalue weighted by Crippen LogP contribution is 2.23. The maximum atomic E-state index is 12.3. The van der Waals surface area contributed by atoms with Crippen LogP contribution in [0, 0.1) is 6.92 Å². The summed E-state index contributed by atoms with van der Waals surface area (Å²) in [5.74, 6) is 0.220. The Bertz CT molecular complexity index is 741. The third-order valence-corrected chi connectivity index (χ3v) is 4.67. The second kappa shape index (κ2) is 7.76. The fourth-order valence-electron chi connectivity index (χ4n) is 2.94. The molecule has 0 atom stereocenters. The van der Waals surface area contributed by atoms with Gasteiger partial charge in [-0.3, -0.25) is 9.69 Å². The van der Waals surface area contributed by atoms with Crippen molar-refractivity contribution in [2.75, 3.05) is 42.9 Å². The molecule has 2 aromatic rings. The van der Waals surface area contributed by atoms with Crippen LogP contribution in [0.2, 0.25) is 5.02 Å². The lowest BCUT2D eigenvalue weighted by Gasteiger charge is -2.35. The van der Waals surface area contributed by atoms with Crippen molar-refractivity contribution < 1.29 is 9.90 Å². The Balaban J connectivity index is 1.50. The van der Waals surface area contributed by atoms with Crippen LogP contribution in [-0.2, 0) is 4.79 Å². The van der Waals surface area contributed by atoms with Gasteiger partial charge in [0.2, 0.25) is 5.91 Å². The molecule has 1 aliphatic rings. The minimum absolute atomic E-state index is 0.0520. The Kier molecular flexibility index (Phi) is 5.46. The maximum Gasteiger partial charge on any atom is 0.238 e. The summed E-state index contributed by atoms with van der Waals surface area (Å²) in [5, 5.41) is 12.8. The molecule has 0 bridgehead atoms. The van der Waals surface area contributed by atoms with Gasteiger partial charge in [-0.25, -0.2) is 0 Å². The van der Waals surface area contributed by atoms with Gasteiger partial charge >= 0.3 is 0 Å². The Labute approximate surface area is 152 Å². The molecule has 0 aromatic heterocycles. The summed E-state index contributed by atoms with van der Waals surface area (Å²) in [7, 11) is 0.